The van der Waals surface area contributed by atoms with Crippen LogP contribution >= 0.6 is 0 Å². The second-order valence-electron chi connectivity index (χ2n) is 8.72. The maximum absolute atomic E-state index is 11.2. The van der Waals surface area contributed by atoms with E-state index in [0.717, 1.165) is 17.9 Å². The standard InChI is InChI=1S/C25H33NO3/c1-20-7-5-6-10-24(20)29-19-25(27)17-26(15-16-28-18-25)23-13-11-22(12-14-23)21-8-3-2-4-9-21/h2-10,22-23,27H,11-19H2,1H3/t22?,23?,25-/m0/s1. The van der Waals surface area contributed by atoms with Crippen molar-refractivity contribution < 1.29 is 14.6 Å². The van der Waals surface area contributed by atoms with Gasteiger partial charge in [-0.3, -0.25) is 4.90 Å². The Morgan fingerprint density at radius 3 is 2.52 bits per heavy atom. The lowest BCUT2D eigenvalue weighted by molar-refractivity contribution is -0.0684. The van der Waals surface area contributed by atoms with E-state index in [1.165, 1.54) is 31.2 Å². The first-order valence-corrected chi connectivity index (χ1v) is 10.9. The molecule has 2 aliphatic rings. The van der Waals surface area contributed by atoms with Crippen LogP contribution in [0.1, 0.15) is 42.7 Å². The van der Waals surface area contributed by atoms with Gasteiger partial charge in [0.25, 0.3) is 0 Å². The first-order valence-electron chi connectivity index (χ1n) is 10.9. The Bertz CT molecular complexity index is 773. The Hall–Kier alpha value is -1.88. The van der Waals surface area contributed by atoms with Gasteiger partial charge in [0.2, 0.25) is 0 Å². The van der Waals surface area contributed by atoms with Crippen LogP contribution in [0, 0.1) is 6.92 Å². The predicted molar refractivity (Wildman–Crippen MR) is 115 cm³/mol. The molecule has 2 fully saturated rings. The predicted octanol–water partition coefficient (Wildman–Crippen LogP) is 4.16. The normalized spacial score (nSPS) is 28.6. The van der Waals surface area contributed by atoms with E-state index in [2.05, 4.69) is 35.2 Å². The smallest absolute Gasteiger partial charge is 0.134 e. The van der Waals surface area contributed by atoms with E-state index >= 15 is 0 Å². The molecule has 0 radical (unpaired) electrons. The van der Waals surface area contributed by atoms with E-state index in [4.69, 9.17) is 9.47 Å². The van der Waals surface area contributed by atoms with Gasteiger partial charge in [0.05, 0.1) is 13.2 Å². The average Bonchev–Trinajstić information content (AvgIpc) is 2.96. The Morgan fingerprint density at radius 1 is 1.03 bits per heavy atom. The Kier molecular flexibility index (Phi) is 6.53. The molecule has 1 heterocycles. The fraction of sp³-hybridized carbons (Fsp3) is 0.520. The van der Waals surface area contributed by atoms with Gasteiger partial charge in [0.1, 0.15) is 18.0 Å². The van der Waals surface area contributed by atoms with Crippen LogP contribution in [-0.2, 0) is 4.74 Å². The summed E-state index contributed by atoms with van der Waals surface area (Å²) in [4.78, 5) is 2.44. The van der Waals surface area contributed by atoms with Gasteiger partial charge >= 0.3 is 0 Å². The second kappa shape index (κ2) is 9.29. The number of hydrogen-bond donors (Lipinski definition) is 1. The molecule has 156 valence electrons. The number of β-amino-alcohol motifs (C(OH)–C–C–N with tert-alkyl or cyclic N) is 1. The van der Waals surface area contributed by atoms with Crippen LogP contribution in [0.3, 0.4) is 0 Å². The van der Waals surface area contributed by atoms with Crippen molar-refractivity contribution in [3.63, 3.8) is 0 Å². The molecule has 1 atom stereocenters. The molecule has 0 amide bonds. The summed E-state index contributed by atoms with van der Waals surface area (Å²) >= 11 is 0. The fourth-order valence-electron chi connectivity index (χ4n) is 4.78. The van der Waals surface area contributed by atoms with Gasteiger partial charge in [0.15, 0.2) is 0 Å². The van der Waals surface area contributed by atoms with Crippen LogP contribution in [0.2, 0.25) is 0 Å². The van der Waals surface area contributed by atoms with Crippen LogP contribution in [0.25, 0.3) is 0 Å². The average molecular weight is 396 g/mol. The lowest BCUT2D eigenvalue weighted by Crippen LogP contribution is -2.52. The zero-order valence-corrected chi connectivity index (χ0v) is 17.4. The van der Waals surface area contributed by atoms with Crippen LogP contribution in [0.5, 0.6) is 5.75 Å². The largest absolute Gasteiger partial charge is 0.490 e. The highest BCUT2D eigenvalue weighted by Crippen LogP contribution is 2.35. The number of aryl methyl sites for hydroxylation is 1. The SMILES string of the molecule is Cc1ccccc1OC[C@@]1(O)COCCN(C2CCC(c3ccccc3)CC2)C1. The van der Waals surface area contributed by atoms with Gasteiger partial charge in [-0.2, -0.15) is 0 Å². The number of para-hydroxylation sites is 1. The van der Waals surface area contributed by atoms with Crippen LogP contribution in [0.15, 0.2) is 54.6 Å². The first-order chi connectivity index (χ1) is 14.1. The molecule has 4 nitrogen and oxygen atoms in total. The summed E-state index contributed by atoms with van der Waals surface area (Å²) in [6.07, 6.45) is 4.77. The fourth-order valence-corrected chi connectivity index (χ4v) is 4.78. The molecule has 0 spiro atoms. The number of hydrogen-bond acceptors (Lipinski definition) is 4. The minimum absolute atomic E-state index is 0.258. The number of aliphatic hydroxyl groups is 1. The molecule has 1 N–H and O–H groups in total. The topological polar surface area (TPSA) is 41.9 Å². The van der Waals surface area contributed by atoms with Gasteiger partial charge in [-0.25, -0.2) is 0 Å². The molecular weight excluding hydrogens is 362 g/mol. The number of benzene rings is 2. The van der Waals surface area contributed by atoms with Gasteiger partial charge in [0, 0.05) is 19.1 Å². The zero-order chi connectivity index (χ0) is 20.1. The maximum atomic E-state index is 11.2. The molecule has 0 bridgehead atoms. The van der Waals surface area contributed by atoms with Crippen molar-refractivity contribution >= 4 is 0 Å². The highest BCUT2D eigenvalue weighted by atomic mass is 16.5. The van der Waals surface area contributed by atoms with Crippen molar-refractivity contribution in [2.45, 2.75) is 50.2 Å². The summed E-state index contributed by atoms with van der Waals surface area (Å²) in [5.41, 5.74) is 1.57. The molecular formula is C25H33NO3. The van der Waals surface area contributed by atoms with Gasteiger partial charge in [-0.15, -0.1) is 0 Å². The lowest BCUT2D eigenvalue weighted by Gasteiger charge is -2.39. The molecule has 1 aliphatic carbocycles. The van der Waals surface area contributed by atoms with E-state index < -0.39 is 5.60 Å². The minimum atomic E-state index is -0.977. The second-order valence-corrected chi connectivity index (χ2v) is 8.72. The van der Waals surface area contributed by atoms with Crippen molar-refractivity contribution in [2.24, 2.45) is 0 Å². The molecule has 0 unspecified atom stereocenters. The summed E-state index contributed by atoms with van der Waals surface area (Å²) in [5.74, 6) is 1.50. The molecule has 1 saturated carbocycles. The van der Waals surface area contributed by atoms with Gasteiger partial charge < -0.3 is 14.6 Å². The summed E-state index contributed by atoms with van der Waals surface area (Å²) < 4.78 is 11.8. The Labute approximate surface area is 174 Å². The molecule has 0 aromatic heterocycles. The van der Waals surface area contributed by atoms with Crippen LogP contribution < -0.4 is 4.74 Å². The maximum Gasteiger partial charge on any atom is 0.134 e. The van der Waals surface area contributed by atoms with Gasteiger partial charge in [-0.1, -0.05) is 48.5 Å². The van der Waals surface area contributed by atoms with Crippen molar-refractivity contribution in [1.82, 2.24) is 4.90 Å². The van der Waals surface area contributed by atoms with E-state index in [9.17, 15) is 5.11 Å². The van der Waals surface area contributed by atoms with E-state index in [0.29, 0.717) is 31.7 Å². The summed E-state index contributed by atoms with van der Waals surface area (Å²) in [6, 6.07) is 19.4. The van der Waals surface area contributed by atoms with Crippen LogP contribution in [0.4, 0.5) is 0 Å². The summed E-state index contributed by atoms with van der Waals surface area (Å²) in [5, 5.41) is 11.2. The number of nitrogens with zero attached hydrogens (tertiary/aromatic N) is 1. The van der Waals surface area contributed by atoms with E-state index in [-0.39, 0.29) is 6.61 Å². The number of rotatable bonds is 5. The number of ether oxygens (including phenoxy) is 2. The third kappa shape index (κ3) is 5.19. The molecule has 4 rings (SSSR count). The van der Waals surface area contributed by atoms with E-state index in [1.54, 1.807) is 0 Å². The highest BCUT2D eigenvalue weighted by Gasteiger charge is 2.37. The van der Waals surface area contributed by atoms with Crippen LogP contribution in [-0.4, -0.2) is 54.6 Å². The molecule has 1 saturated heterocycles. The monoisotopic (exact) mass is 395 g/mol. The summed E-state index contributed by atoms with van der Waals surface area (Å²) in [7, 11) is 0. The lowest BCUT2D eigenvalue weighted by atomic mass is 9.81. The third-order valence-electron chi connectivity index (χ3n) is 6.46. The molecule has 2 aromatic carbocycles. The van der Waals surface area contributed by atoms with Crippen molar-refractivity contribution in [1.29, 1.82) is 0 Å². The Morgan fingerprint density at radius 2 is 1.76 bits per heavy atom. The molecule has 4 heteroatoms. The van der Waals surface area contributed by atoms with Crippen molar-refractivity contribution in [2.75, 3.05) is 32.9 Å². The molecule has 2 aromatic rings. The molecule has 1 aliphatic heterocycles. The van der Waals surface area contributed by atoms with Gasteiger partial charge in [-0.05, 0) is 55.7 Å². The third-order valence-corrected chi connectivity index (χ3v) is 6.46. The minimum Gasteiger partial charge on any atom is -0.490 e. The first kappa shape index (κ1) is 20.4. The highest BCUT2D eigenvalue weighted by molar-refractivity contribution is 5.31. The zero-order valence-electron chi connectivity index (χ0n) is 17.4. The van der Waals surface area contributed by atoms with Crippen molar-refractivity contribution in [3.05, 3.63) is 65.7 Å². The molecule has 29 heavy (non-hydrogen) atoms. The van der Waals surface area contributed by atoms with Crippen molar-refractivity contribution in [3.8, 4) is 5.75 Å². The Balaban J connectivity index is 1.35. The van der Waals surface area contributed by atoms with E-state index in [1.807, 2.05) is 31.2 Å². The summed E-state index contributed by atoms with van der Waals surface area (Å²) in [6.45, 7) is 4.78. The quantitative estimate of drug-likeness (QED) is 0.825.